The number of aromatic amines is 1. The van der Waals surface area contributed by atoms with Gasteiger partial charge in [0.2, 0.25) is 0 Å². The van der Waals surface area contributed by atoms with Crippen LogP contribution in [-0.4, -0.2) is 52.4 Å². The molecular weight excluding hydrogens is 326 g/mol. The lowest BCUT2D eigenvalue weighted by Gasteiger charge is -2.34. The highest BCUT2D eigenvalue weighted by Gasteiger charge is 2.30. The van der Waals surface area contributed by atoms with Crippen molar-refractivity contribution in [3.05, 3.63) is 33.5 Å². The monoisotopic (exact) mass is 349 g/mol. The molecule has 0 radical (unpaired) electrons. The van der Waals surface area contributed by atoms with Crippen molar-refractivity contribution < 1.29 is 9.53 Å². The summed E-state index contributed by atoms with van der Waals surface area (Å²) in [5.41, 5.74) is 3.27. The number of aryl methyl sites for hydroxylation is 3. The summed E-state index contributed by atoms with van der Waals surface area (Å²) in [5, 5.41) is 12.9. The van der Waals surface area contributed by atoms with Gasteiger partial charge in [-0.1, -0.05) is 0 Å². The van der Waals surface area contributed by atoms with E-state index in [1.165, 1.54) is 5.56 Å². The van der Waals surface area contributed by atoms with Crippen molar-refractivity contribution in [2.45, 2.75) is 32.7 Å². The summed E-state index contributed by atoms with van der Waals surface area (Å²) in [4.78, 5) is 18.9. The minimum absolute atomic E-state index is 0.0416. The number of amides is 2. The van der Waals surface area contributed by atoms with Crippen molar-refractivity contribution in [1.82, 2.24) is 25.4 Å². The molecule has 0 aromatic carbocycles. The molecule has 8 heteroatoms. The quantitative estimate of drug-likeness (QED) is 0.811. The first-order valence-electron chi connectivity index (χ1n) is 8.18. The molecule has 0 spiro atoms. The van der Waals surface area contributed by atoms with Gasteiger partial charge in [-0.25, -0.2) is 9.78 Å². The van der Waals surface area contributed by atoms with Crippen LogP contribution in [0.1, 0.15) is 34.4 Å². The summed E-state index contributed by atoms with van der Waals surface area (Å²) in [7, 11) is 0. The van der Waals surface area contributed by atoms with Gasteiger partial charge in [-0.2, -0.15) is 5.10 Å². The minimum atomic E-state index is -0.0893. The summed E-state index contributed by atoms with van der Waals surface area (Å²) in [6.07, 6.45) is 3.64. The fraction of sp³-hybridized carbons (Fsp3) is 0.562. The Balaban J connectivity index is 1.51. The van der Waals surface area contributed by atoms with Gasteiger partial charge in [-0.3, -0.25) is 5.10 Å². The van der Waals surface area contributed by atoms with Crippen molar-refractivity contribution in [3.8, 4) is 0 Å². The molecule has 3 rings (SSSR count). The normalized spacial score (nSPS) is 17.9. The van der Waals surface area contributed by atoms with E-state index in [0.29, 0.717) is 26.3 Å². The summed E-state index contributed by atoms with van der Waals surface area (Å²) >= 11 is 1.58. The van der Waals surface area contributed by atoms with Crippen LogP contribution < -0.4 is 5.32 Å². The van der Waals surface area contributed by atoms with Gasteiger partial charge in [0, 0.05) is 29.9 Å². The van der Waals surface area contributed by atoms with Crippen molar-refractivity contribution in [1.29, 1.82) is 0 Å². The average Bonchev–Trinajstić information content (AvgIpc) is 3.20. The molecule has 24 heavy (non-hydrogen) atoms. The van der Waals surface area contributed by atoms with Crippen LogP contribution in [0.4, 0.5) is 4.79 Å². The Morgan fingerprint density at radius 2 is 2.42 bits per heavy atom. The molecule has 7 nitrogen and oxygen atoms in total. The van der Waals surface area contributed by atoms with Crippen LogP contribution in [0.25, 0.3) is 0 Å². The molecule has 2 aromatic rings. The first kappa shape index (κ1) is 16.9. The van der Waals surface area contributed by atoms with Gasteiger partial charge in [-0.05, 0) is 32.3 Å². The van der Waals surface area contributed by atoms with Gasteiger partial charge < -0.3 is 15.0 Å². The second kappa shape index (κ2) is 7.76. The number of carbonyl (C=O) groups is 1. The van der Waals surface area contributed by atoms with Crippen molar-refractivity contribution in [2.75, 3.05) is 26.3 Å². The number of nitrogens with zero attached hydrogens (tertiary/aromatic N) is 3. The molecule has 0 aliphatic carbocycles. The number of hydrogen-bond donors (Lipinski definition) is 2. The number of morpholine rings is 1. The number of rotatable bonds is 5. The number of hydrogen-bond acceptors (Lipinski definition) is 5. The molecule has 2 N–H and O–H groups in total. The number of urea groups is 1. The molecule has 0 unspecified atom stereocenters. The Hall–Kier alpha value is -1.93. The van der Waals surface area contributed by atoms with E-state index in [9.17, 15) is 4.79 Å². The highest BCUT2D eigenvalue weighted by atomic mass is 32.1. The molecule has 1 aliphatic rings. The smallest absolute Gasteiger partial charge is 0.318 e. The first-order chi connectivity index (χ1) is 11.6. The lowest BCUT2D eigenvalue weighted by Crippen LogP contribution is -2.48. The van der Waals surface area contributed by atoms with Crippen LogP contribution in [0, 0.1) is 13.8 Å². The Kier molecular flexibility index (Phi) is 5.47. The van der Waals surface area contributed by atoms with E-state index >= 15 is 0 Å². The predicted octanol–water partition coefficient (Wildman–Crippen LogP) is 2.20. The molecule has 1 fully saturated rings. The molecule has 130 valence electrons. The zero-order valence-electron chi connectivity index (χ0n) is 14.0. The Morgan fingerprint density at radius 3 is 3.12 bits per heavy atom. The molecule has 1 atom stereocenters. The average molecular weight is 349 g/mol. The number of aromatic nitrogens is 3. The van der Waals surface area contributed by atoms with Crippen LogP contribution in [0.2, 0.25) is 0 Å². The molecular formula is C16H23N5O2S. The van der Waals surface area contributed by atoms with E-state index in [1.807, 2.05) is 30.3 Å². The molecule has 2 amide bonds. The summed E-state index contributed by atoms with van der Waals surface area (Å²) in [6, 6.07) is -0.131. The van der Waals surface area contributed by atoms with Crippen molar-refractivity contribution >= 4 is 17.4 Å². The predicted molar refractivity (Wildman–Crippen MR) is 92.2 cm³/mol. The minimum Gasteiger partial charge on any atom is -0.377 e. The molecule has 1 saturated heterocycles. The third-order valence-corrected chi connectivity index (χ3v) is 5.21. The second-order valence-electron chi connectivity index (χ2n) is 5.97. The molecule has 3 heterocycles. The molecule has 1 aliphatic heterocycles. The van der Waals surface area contributed by atoms with Crippen LogP contribution in [0.15, 0.2) is 11.6 Å². The second-order valence-corrected chi connectivity index (χ2v) is 6.86. The maximum absolute atomic E-state index is 12.5. The van der Waals surface area contributed by atoms with E-state index in [2.05, 4.69) is 20.5 Å². The van der Waals surface area contributed by atoms with Gasteiger partial charge in [0.25, 0.3) is 0 Å². The molecule has 0 saturated carbocycles. The third-order valence-electron chi connectivity index (χ3n) is 4.14. The van der Waals surface area contributed by atoms with Crippen LogP contribution in [0.5, 0.6) is 0 Å². The highest BCUT2D eigenvalue weighted by molar-refractivity contribution is 7.09. The number of thiazole rings is 1. The van der Waals surface area contributed by atoms with Gasteiger partial charge >= 0.3 is 6.03 Å². The summed E-state index contributed by atoms with van der Waals surface area (Å²) < 4.78 is 5.55. The fourth-order valence-electron chi connectivity index (χ4n) is 2.78. The zero-order chi connectivity index (χ0) is 16.9. The van der Waals surface area contributed by atoms with Crippen LogP contribution in [-0.2, 0) is 11.2 Å². The van der Waals surface area contributed by atoms with Gasteiger partial charge in [0.05, 0.1) is 19.4 Å². The lowest BCUT2D eigenvalue weighted by atomic mass is 10.1. The molecule has 0 bridgehead atoms. The number of ether oxygens (including phenoxy) is 1. The summed E-state index contributed by atoms with van der Waals surface area (Å²) in [6.45, 7) is 6.29. The number of carbonyl (C=O) groups excluding carboxylic acids is 1. The van der Waals surface area contributed by atoms with E-state index in [4.69, 9.17) is 4.74 Å². The highest BCUT2D eigenvalue weighted by Crippen LogP contribution is 2.26. The van der Waals surface area contributed by atoms with Crippen molar-refractivity contribution in [2.24, 2.45) is 0 Å². The lowest BCUT2D eigenvalue weighted by molar-refractivity contribution is 0.0116. The Bertz CT molecular complexity index is 684. The Morgan fingerprint density at radius 1 is 1.54 bits per heavy atom. The zero-order valence-corrected chi connectivity index (χ0v) is 14.9. The van der Waals surface area contributed by atoms with E-state index in [-0.39, 0.29) is 12.1 Å². The standard InChI is InChI=1S/C16H23N5O2S/c1-11-10-24-15(19-11)14-9-23-7-6-21(14)16(22)17-5-3-4-13-8-18-20-12(13)2/h8,10,14H,3-7,9H2,1-2H3,(H,17,22)(H,18,20)/t14-/m0/s1. The maximum Gasteiger partial charge on any atom is 0.318 e. The number of nitrogens with one attached hydrogen (secondary N) is 2. The largest absolute Gasteiger partial charge is 0.377 e. The van der Waals surface area contributed by atoms with Gasteiger partial charge in [0.15, 0.2) is 0 Å². The van der Waals surface area contributed by atoms with Gasteiger partial charge in [-0.15, -0.1) is 11.3 Å². The topological polar surface area (TPSA) is 83.1 Å². The van der Waals surface area contributed by atoms with E-state index in [0.717, 1.165) is 29.2 Å². The van der Waals surface area contributed by atoms with Gasteiger partial charge in [0.1, 0.15) is 11.0 Å². The van der Waals surface area contributed by atoms with Crippen LogP contribution >= 0.6 is 11.3 Å². The van der Waals surface area contributed by atoms with Crippen molar-refractivity contribution in [3.63, 3.8) is 0 Å². The maximum atomic E-state index is 12.5. The summed E-state index contributed by atoms with van der Waals surface area (Å²) in [5.74, 6) is 0. The van der Waals surface area contributed by atoms with Crippen LogP contribution in [0.3, 0.4) is 0 Å². The Labute approximate surface area is 145 Å². The third kappa shape index (κ3) is 3.93. The van der Waals surface area contributed by atoms with E-state index in [1.54, 1.807) is 11.3 Å². The van der Waals surface area contributed by atoms with E-state index < -0.39 is 0 Å². The molecule has 2 aromatic heterocycles. The number of H-pyrrole nitrogens is 1. The first-order valence-corrected chi connectivity index (χ1v) is 9.06. The SMILES string of the molecule is Cc1csc([C@@H]2COCCN2C(=O)NCCCc2cn[nH]c2C)n1. The fourth-order valence-corrected chi connectivity index (χ4v) is 3.67.